The topological polar surface area (TPSA) is 99.9 Å². The Morgan fingerprint density at radius 3 is 2.60 bits per heavy atom. The van der Waals surface area contributed by atoms with Crippen molar-refractivity contribution in [2.75, 3.05) is 5.73 Å². The number of hydrogen-bond acceptors (Lipinski definition) is 5. The van der Waals surface area contributed by atoms with Crippen molar-refractivity contribution in [3.05, 3.63) is 45.6 Å². The molecule has 0 saturated carbocycles. The fourth-order valence-corrected chi connectivity index (χ4v) is 2.04. The Kier molecular flexibility index (Phi) is 4.29. The number of aryl methyl sites for hydroxylation is 2. The summed E-state index contributed by atoms with van der Waals surface area (Å²) < 4.78 is 1.81. The smallest absolute Gasteiger partial charge is 0.269 e. The van der Waals surface area contributed by atoms with Gasteiger partial charge >= 0.3 is 0 Å². The number of aromatic nitrogens is 3. The van der Waals surface area contributed by atoms with E-state index < -0.39 is 4.92 Å². The number of nitrogens with zero attached hydrogens (tertiary/aromatic N) is 4. The summed E-state index contributed by atoms with van der Waals surface area (Å²) in [6, 6.07) is 6.55. The van der Waals surface area contributed by atoms with Crippen LogP contribution in [-0.4, -0.2) is 19.9 Å². The monoisotopic (exact) mass is 275 g/mol. The van der Waals surface area contributed by atoms with Crippen LogP contribution in [0, 0.1) is 10.1 Å². The average Bonchev–Trinajstić information content (AvgIpc) is 2.79. The van der Waals surface area contributed by atoms with Gasteiger partial charge in [0.05, 0.1) is 10.6 Å². The molecule has 0 radical (unpaired) electrons. The third kappa shape index (κ3) is 3.11. The van der Waals surface area contributed by atoms with E-state index in [0.717, 1.165) is 30.5 Å². The highest BCUT2D eigenvalue weighted by atomic mass is 16.6. The summed E-state index contributed by atoms with van der Waals surface area (Å²) in [7, 11) is 0. The zero-order chi connectivity index (χ0) is 14.5. The first-order valence-electron chi connectivity index (χ1n) is 6.53. The van der Waals surface area contributed by atoms with Gasteiger partial charge in [-0.05, 0) is 18.4 Å². The molecule has 0 atom stereocenters. The van der Waals surface area contributed by atoms with Crippen LogP contribution in [-0.2, 0) is 19.4 Å². The molecule has 0 amide bonds. The highest BCUT2D eigenvalue weighted by Crippen LogP contribution is 2.14. The first kappa shape index (κ1) is 14.0. The van der Waals surface area contributed by atoms with E-state index in [1.807, 2.05) is 0 Å². The molecule has 20 heavy (non-hydrogen) atoms. The molecule has 106 valence electrons. The normalized spacial score (nSPS) is 10.7. The lowest BCUT2D eigenvalue weighted by atomic mass is 10.1. The van der Waals surface area contributed by atoms with Crippen molar-refractivity contribution in [3.8, 4) is 0 Å². The van der Waals surface area contributed by atoms with E-state index in [-0.39, 0.29) is 5.69 Å². The summed E-state index contributed by atoms with van der Waals surface area (Å²) in [5.41, 5.74) is 7.86. The highest BCUT2D eigenvalue weighted by molar-refractivity contribution is 5.34. The summed E-state index contributed by atoms with van der Waals surface area (Å²) in [6.07, 6.45) is 2.56. The summed E-state index contributed by atoms with van der Waals surface area (Å²) in [5, 5.41) is 18.5. The molecule has 0 saturated heterocycles. The van der Waals surface area contributed by atoms with E-state index in [1.54, 1.807) is 16.8 Å². The molecule has 0 aliphatic carbocycles. The van der Waals surface area contributed by atoms with Crippen molar-refractivity contribution in [2.45, 2.75) is 32.7 Å². The fourth-order valence-electron chi connectivity index (χ4n) is 2.04. The van der Waals surface area contributed by atoms with E-state index in [2.05, 4.69) is 17.2 Å². The largest absolute Gasteiger partial charge is 0.381 e. The Labute approximate surface area is 116 Å². The Bertz CT molecular complexity index is 591. The van der Waals surface area contributed by atoms with Gasteiger partial charge in [0.2, 0.25) is 0 Å². The number of hydrogen-bond donors (Lipinski definition) is 1. The SMILES string of the molecule is CCCc1c(N)nnn1CCc1ccc([N+](=O)[O-])cc1. The van der Waals surface area contributed by atoms with Gasteiger partial charge < -0.3 is 5.73 Å². The second-order valence-electron chi connectivity index (χ2n) is 4.57. The van der Waals surface area contributed by atoms with E-state index in [1.165, 1.54) is 12.1 Å². The van der Waals surface area contributed by atoms with Crippen LogP contribution in [0.5, 0.6) is 0 Å². The number of anilines is 1. The lowest BCUT2D eigenvalue weighted by molar-refractivity contribution is -0.384. The first-order chi connectivity index (χ1) is 9.61. The molecule has 2 rings (SSSR count). The van der Waals surface area contributed by atoms with Crippen LogP contribution in [0.2, 0.25) is 0 Å². The second kappa shape index (κ2) is 6.14. The number of nitro benzene ring substituents is 1. The Morgan fingerprint density at radius 1 is 1.30 bits per heavy atom. The minimum absolute atomic E-state index is 0.102. The fraction of sp³-hybridized carbons (Fsp3) is 0.385. The molecule has 1 aromatic carbocycles. The maximum Gasteiger partial charge on any atom is 0.269 e. The van der Waals surface area contributed by atoms with Gasteiger partial charge in [-0.3, -0.25) is 10.1 Å². The van der Waals surface area contributed by atoms with Crippen LogP contribution in [0.1, 0.15) is 24.6 Å². The molecule has 7 heteroatoms. The van der Waals surface area contributed by atoms with Gasteiger partial charge in [-0.25, -0.2) is 4.68 Å². The van der Waals surface area contributed by atoms with E-state index in [9.17, 15) is 10.1 Å². The van der Waals surface area contributed by atoms with Gasteiger partial charge in [0.25, 0.3) is 5.69 Å². The maximum absolute atomic E-state index is 10.6. The molecular formula is C13H17N5O2. The zero-order valence-corrected chi connectivity index (χ0v) is 11.3. The minimum atomic E-state index is -0.402. The molecule has 2 N–H and O–H groups in total. The molecule has 0 spiro atoms. The van der Waals surface area contributed by atoms with E-state index in [0.29, 0.717) is 12.4 Å². The van der Waals surface area contributed by atoms with Gasteiger partial charge in [0, 0.05) is 18.7 Å². The van der Waals surface area contributed by atoms with Gasteiger partial charge in [-0.1, -0.05) is 30.7 Å². The third-order valence-electron chi connectivity index (χ3n) is 3.11. The Hall–Kier alpha value is -2.44. The molecule has 7 nitrogen and oxygen atoms in total. The van der Waals surface area contributed by atoms with E-state index >= 15 is 0 Å². The summed E-state index contributed by atoms with van der Waals surface area (Å²) >= 11 is 0. The van der Waals surface area contributed by atoms with Crippen molar-refractivity contribution in [1.82, 2.24) is 15.0 Å². The first-order valence-corrected chi connectivity index (χ1v) is 6.53. The lowest BCUT2D eigenvalue weighted by Crippen LogP contribution is -2.08. The van der Waals surface area contributed by atoms with Crippen LogP contribution in [0.4, 0.5) is 11.5 Å². The molecule has 0 fully saturated rings. The van der Waals surface area contributed by atoms with Gasteiger partial charge in [0.15, 0.2) is 5.82 Å². The van der Waals surface area contributed by atoms with Crippen molar-refractivity contribution in [1.29, 1.82) is 0 Å². The Balaban J connectivity index is 2.03. The molecule has 0 aliphatic rings. The van der Waals surface area contributed by atoms with Crippen LogP contribution >= 0.6 is 0 Å². The zero-order valence-electron chi connectivity index (χ0n) is 11.3. The summed E-state index contributed by atoms with van der Waals surface area (Å²) in [4.78, 5) is 10.2. The quantitative estimate of drug-likeness (QED) is 0.641. The van der Waals surface area contributed by atoms with Crippen molar-refractivity contribution in [3.63, 3.8) is 0 Å². The average molecular weight is 275 g/mol. The van der Waals surface area contributed by atoms with Crippen LogP contribution in [0.3, 0.4) is 0 Å². The predicted octanol–water partition coefficient (Wildman–Crippen LogP) is 1.96. The maximum atomic E-state index is 10.6. The number of nitro groups is 1. The summed E-state index contributed by atoms with van der Waals surface area (Å²) in [5.74, 6) is 0.482. The molecule has 0 aliphatic heterocycles. The predicted molar refractivity (Wildman–Crippen MR) is 75.2 cm³/mol. The van der Waals surface area contributed by atoms with Gasteiger partial charge in [-0.2, -0.15) is 0 Å². The van der Waals surface area contributed by atoms with Gasteiger partial charge in [0.1, 0.15) is 0 Å². The molecule has 0 bridgehead atoms. The van der Waals surface area contributed by atoms with Crippen molar-refractivity contribution >= 4 is 11.5 Å². The van der Waals surface area contributed by atoms with Crippen LogP contribution in [0.25, 0.3) is 0 Å². The molecule has 1 aromatic heterocycles. The van der Waals surface area contributed by atoms with E-state index in [4.69, 9.17) is 5.73 Å². The van der Waals surface area contributed by atoms with Crippen LogP contribution in [0.15, 0.2) is 24.3 Å². The van der Waals surface area contributed by atoms with Crippen LogP contribution < -0.4 is 5.73 Å². The van der Waals surface area contributed by atoms with Crippen molar-refractivity contribution in [2.24, 2.45) is 0 Å². The number of rotatable bonds is 6. The molecule has 2 aromatic rings. The Morgan fingerprint density at radius 2 is 2.00 bits per heavy atom. The third-order valence-corrected chi connectivity index (χ3v) is 3.11. The lowest BCUT2D eigenvalue weighted by Gasteiger charge is -2.06. The second-order valence-corrected chi connectivity index (χ2v) is 4.57. The number of non-ortho nitro benzene ring substituents is 1. The molecular weight excluding hydrogens is 258 g/mol. The van der Waals surface area contributed by atoms with Crippen molar-refractivity contribution < 1.29 is 4.92 Å². The summed E-state index contributed by atoms with van der Waals surface area (Å²) in [6.45, 7) is 2.74. The number of nitrogens with two attached hydrogens (primary N) is 1. The highest BCUT2D eigenvalue weighted by Gasteiger charge is 2.09. The van der Waals surface area contributed by atoms with Gasteiger partial charge in [-0.15, -0.1) is 5.10 Å². The standard InChI is InChI=1S/C13H17N5O2/c1-2-3-12-13(14)15-16-17(12)9-8-10-4-6-11(7-5-10)18(19)20/h4-7H,2-3,8-9,14H2,1H3. The molecule has 1 heterocycles. The minimum Gasteiger partial charge on any atom is -0.381 e. The number of nitrogen functional groups attached to an aromatic ring is 1. The number of benzene rings is 1. The molecule has 0 unspecified atom stereocenters.